The molecule has 5 nitrogen and oxygen atoms in total. The minimum atomic E-state index is -0.607. The van der Waals surface area contributed by atoms with Gasteiger partial charge in [0, 0.05) is 29.3 Å². The number of hydrogen-bond acceptors (Lipinski definition) is 5. The van der Waals surface area contributed by atoms with Crippen LogP contribution in [-0.2, 0) is 20.9 Å². The van der Waals surface area contributed by atoms with Crippen molar-refractivity contribution in [3.8, 4) is 5.75 Å². The Labute approximate surface area is 195 Å². The van der Waals surface area contributed by atoms with Crippen molar-refractivity contribution in [2.75, 3.05) is 6.61 Å². The number of ketones is 1. The van der Waals surface area contributed by atoms with Crippen LogP contribution in [0.2, 0.25) is 0 Å². The quantitative estimate of drug-likeness (QED) is 0.539. The first-order valence-electron chi connectivity index (χ1n) is 11.5. The Balaban J connectivity index is 1.67. The molecule has 1 heterocycles. The summed E-state index contributed by atoms with van der Waals surface area (Å²) in [4.78, 5) is 31.0. The molecule has 0 bridgehead atoms. The van der Waals surface area contributed by atoms with Gasteiger partial charge in [0.05, 0.1) is 6.61 Å². The van der Waals surface area contributed by atoms with Gasteiger partial charge in [-0.15, -0.1) is 0 Å². The molecule has 5 heteroatoms. The standard InChI is InChI=1S/C28H31NO4/c1-5-32-27(31)24-18(2)29-22-15-28(3,4)16-23(30)26(22)25(24)20-11-13-21(14-12-20)33-17-19-9-7-6-8-10-19/h6-14,24-25H,5,15-17H2,1-4H3/t24?,25-/m0/s1. The Hall–Kier alpha value is -3.21. The summed E-state index contributed by atoms with van der Waals surface area (Å²) in [6, 6.07) is 17.7. The minimum Gasteiger partial charge on any atom is -0.489 e. The second-order valence-electron chi connectivity index (χ2n) is 9.61. The van der Waals surface area contributed by atoms with Crippen molar-refractivity contribution in [3.05, 3.63) is 77.0 Å². The van der Waals surface area contributed by atoms with E-state index in [1.807, 2.05) is 61.5 Å². The number of carbonyl (C=O) groups is 2. The zero-order valence-electron chi connectivity index (χ0n) is 19.8. The van der Waals surface area contributed by atoms with Crippen LogP contribution in [0, 0.1) is 11.3 Å². The van der Waals surface area contributed by atoms with Gasteiger partial charge in [0.1, 0.15) is 18.3 Å². The normalized spacial score (nSPS) is 21.8. The van der Waals surface area contributed by atoms with Gasteiger partial charge in [-0.2, -0.15) is 0 Å². The number of ether oxygens (including phenoxy) is 2. The highest BCUT2D eigenvalue weighted by Gasteiger charge is 2.45. The van der Waals surface area contributed by atoms with Crippen LogP contribution >= 0.6 is 0 Å². The van der Waals surface area contributed by atoms with E-state index >= 15 is 0 Å². The Bertz CT molecular complexity index is 1100. The first kappa shape index (κ1) is 23.0. The van der Waals surface area contributed by atoms with E-state index < -0.39 is 11.8 Å². The van der Waals surface area contributed by atoms with Crippen molar-refractivity contribution in [2.24, 2.45) is 16.3 Å². The number of allylic oxidation sites excluding steroid dienone is 2. The summed E-state index contributed by atoms with van der Waals surface area (Å²) < 4.78 is 11.3. The Morgan fingerprint density at radius 1 is 1.06 bits per heavy atom. The van der Waals surface area contributed by atoms with E-state index in [4.69, 9.17) is 14.5 Å². The van der Waals surface area contributed by atoms with Crippen molar-refractivity contribution in [1.82, 2.24) is 0 Å². The van der Waals surface area contributed by atoms with E-state index in [1.54, 1.807) is 6.92 Å². The molecule has 2 atom stereocenters. The van der Waals surface area contributed by atoms with Crippen LogP contribution in [0.4, 0.5) is 0 Å². The summed E-state index contributed by atoms with van der Waals surface area (Å²) in [5, 5.41) is 0. The van der Waals surface area contributed by atoms with Crippen LogP contribution in [-0.4, -0.2) is 24.1 Å². The second-order valence-corrected chi connectivity index (χ2v) is 9.61. The van der Waals surface area contributed by atoms with Gasteiger partial charge in [-0.1, -0.05) is 56.3 Å². The molecular weight excluding hydrogens is 414 g/mol. The number of carbonyl (C=O) groups excluding carboxylic acids is 2. The Morgan fingerprint density at radius 3 is 2.42 bits per heavy atom. The highest BCUT2D eigenvalue weighted by atomic mass is 16.5. The van der Waals surface area contributed by atoms with Crippen LogP contribution in [0.15, 0.2) is 70.9 Å². The third-order valence-corrected chi connectivity index (χ3v) is 6.33. The van der Waals surface area contributed by atoms with Gasteiger partial charge in [0.15, 0.2) is 5.78 Å². The molecule has 0 radical (unpaired) electrons. The van der Waals surface area contributed by atoms with Crippen LogP contribution < -0.4 is 4.74 Å². The number of esters is 1. The highest BCUT2D eigenvalue weighted by molar-refractivity contribution is 6.09. The molecular formula is C28H31NO4. The molecule has 0 fully saturated rings. The highest BCUT2D eigenvalue weighted by Crippen LogP contribution is 2.48. The predicted octanol–water partition coefficient (Wildman–Crippen LogP) is 5.65. The van der Waals surface area contributed by atoms with Gasteiger partial charge >= 0.3 is 5.97 Å². The largest absolute Gasteiger partial charge is 0.489 e. The fraction of sp³-hybridized carbons (Fsp3) is 0.393. The Kier molecular flexibility index (Phi) is 6.50. The van der Waals surface area contributed by atoms with Gasteiger partial charge in [0.2, 0.25) is 0 Å². The molecule has 2 aliphatic rings. The first-order chi connectivity index (χ1) is 15.8. The number of nitrogens with zero attached hydrogens (tertiary/aromatic N) is 1. The van der Waals surface area contributed by atoms with E-state index in [0.717, 1.165) is 29.0 Å². The second kappa shape index (κ2) is 9.34. The number of Topliss-reactive ketones (excluding diaryl/α,β-unsaturated/α-hetero) is 1. The topological polar surface area (TPSA) is 65.0 Å². The summed E-state index contributed by atoms with van der Waals surface area (Å²) in [5.74, 6) is -0.534. The average molecular weight is 446 g/mol. The number of rotatable bonds is 6. The maximum Gasteiger partial charge on any atom is 0.315 e. The molecule has 0 saturated heterocycles. The fourth-order valence-electron chi connectivity index (χ4n) is 4.85. The summed E-state index contributed by atoms with van der Waals surface area (Å²) in [6.45, 7) is 8.59. The van der Waals surface area contributed by atoms with Gasteiger partial charge in [-0.3, -0.25) is 14.6 Å². The first-order valence-corrected chi connectivity index (χ1v) is 11.5. The summed E-state index contributed by atoms with van der Waals surface area (Å²) >= 11 is 0. The van der Waals surface area contributed by atoms with Gasteiger partial charge in [0.25, 0.3) is 0 Å². The van der Waals surface area contributed by atoms with E-state index in [1.165, 1.54) is 0 Å². The molecule has 0 saturated carbocycles. The van der Waals surface area contributed by atoms with Crippen molar-refractivity contribution >= 4 is 17.5 Å². The third-order valence-electron chi connectivity index (χ3n) is 6.33. The van der Waals surface area contributed by atoms with E-state index in [-0.39, 0.29) is 23.8 Å². The molecule has 0 amide bonds. The molecule has 172 valence electrons. The molecule has 1 aliphatic carbocycles. The van der Waals surface area contributed by atoms with Gasteiger partial charge in [-0.25, -0.2) is 0 Å². The van der Waals surface area contributed by atoms with E-state index in [9.17, 15) is 9.59 Å². The maximum atomic E-state index is 13.3. The third kappa shape index (κ3) is 4.92. The zero-order valence-corrected chi connectivity index (χ0v) is 19.8. The SMILES string of the molecule is CCOC(=O)C1C(C)=NC2=C(C(=O)CC(C)(C)C2)[C@H]1c1ccc(OCc2ccccc2)cc1. The van der Waals surface area contributed by atoms with Crippen LogP contribution in [0.1, 0.15) is 57.6 Å². The Morgan fingerprint density at radius 2 is 1.76 bits per heavy atom. The lowest BCUT2D eigenvalue weighted by Crippen LogP contribution is -2.39. The molecule has 0 spiro atoms. The lowest BCUT2D eigenvalue weighted by Gasteiger charge is -2.39. The number of benzene rings is 2. The number of aliphatic imine (C=N–C) groups is 1. The van der Waals surface area contributed by atoms with Crippen molar-refractivity contribution < 1.29 is 19.1 Å². The molecule has 2 aromatic carbocycles. The fourth-order valence-corrected chi connectivity index (χ4v) is 4.85. The maximum absolute atomic E-state index is 13.3. The monoisotopic (exact) mass is 445 g/mol. The van der Waals surface area contributed by atoms with Crippen LogP contribution in [0.3, 0.4) is 0 Å². The average Bonchev–Trinajstić information content (AvgIpc) is 2.77. The molecule has 2 aromatic rings. The minimum absolute atomic E-state index is 0.0706. The smallest absolute Gasteiger partial charge is 0.315 e. The lowest BCUT2D eigenvalue weighted by atomic mass is 9.67. The summed E-state index contributed by atoms with van der Waals surface area (Å²) in [7, 11) is 0. The summed E-state index contributed by atoms with van der Waals surface area (Å²) in [5.41, 5.74) is 4.02. The molecule has 4 rings (SSSR count). The van der Waals surface area contributed by atoms with Crippen molar-refractivity contribution in [2.45, 2.75) is 53.1 Å². The van der Waals surface area contributed by atoms with Gasteiger partial charge in [-0.05, 0) is 48.9 Å². The van der Waals surface area contributed by atoms with Gasteiger partial charge < -0.3 is 9.47 Å². The summed E-state index contributed by atoms with van der Waals surface area (Å²) in [6.07, 6.45) is 1.17. The van der Waals surface area contributed by atoms with E-state index in [2.05, 4.69) is 13.8 Å². The van der Waals surface area contributed by atoms with Crippen LogP contribution in [0.5, 0.6) is 5.75 Å². The molecule has 33 heavy (non-hydrogen) atoms. The van der Waals surface area contributed by atoms with Crippen molar-refractivity contribution in [1.29, 1.82) is 0 Å². The predicted molar refractivity (Wildman–Crippen MR) is 128 cm³/mol. The van der Waals surface area contributed by atoms with E-state index in [0.29, 0.717) is 24.3 Å². The lowest BCUT2D eigenvalue weighted by molar-refractivity contribution is -0.146. The van der Waals surface area contributed by atoms with Crippen molar-refractivity contribution in [3.63, 3.8) is 0 Å². The molecule has 1 unspecified atom stereocenters. The van der Waals surface area contributed by atoms with Crippen LogP contribution in [0.25, 0.3) is 0 Å². The molecule has 1 aliphatic heterocycles. The molecule has 0 aromatic heterocycles. The number of hydrogen-bond donors (Lipinski definition) is 0. The molecule has 0 N–H and O–H groups in total. The zero-order chi connectivity index (χ0) is 23.6.